The van der Waals surface area contributed by atoms with Crippen molar-refractivity contribution < 1.29 is 26.7 Å². The summed E-state index contributed by atoms with van der Waals surface area (Å²) in [6.45, 7) is 0.723. The molecule has 0 amide bonds. The van der Waals surface area contributed by atoms with Crippen LogP contribution in [-0.4, -0.2) is 52.0 Å². The first kappa shape index (κ1) is 20.0. The molecule has 0 radical (unpaired) electrons. The number of fused-ring (bicyclic) bond motifs is 2. The molecule has 2 unspecified atom stereocenters. The molecule has 1 saturated heterocycles. The van der Waals surface area contributed by atoms with Crippen molar-refractivity contribution in [3.63, 3.8) is 0 Å². The van der Waals surface area contributed by atoms with Crippen molar-refractivity contribution >= 4 is 16.9 Å². The molecule has 3 aromatic rings. The molecule has 0 bridgehead atoms. The maximum Gasteiger partial charge on any atom is 0.431 e. The second-order valence-electron chi connectivity index (χ2n) is 7.75. The highest BCUT2D eigenvalue weighted by Crippen LogP contribution is 2.40. The minimum absolute atomic E-state index is 0.0587. The zero-order valence-corrected chi connectivity index (χ0v) is 16.0. The molecule has 31 heavy (non-hydrogen) atoms. The van der Waals surface area contributed by atoms with Crippen LogP contribution in [0.1, 0.15) is 17.3 Å². The van der Waals surface area contributed by atoms with Crippen LogP contribution in [-0.2, 0) is 6.18 Å². The second-order valence-corrected chi connectivity index (χ2v) is 7.75. The number of alkyl halides is 5. The molecule has 0 aliphatic carbocycles. The van der Waals surface area contributed by atoms with Crippen molar-refractivity contribution in [1.29, 1.82) is 0 Å². The largest absolute Gasteiger partial charge is 0.491 e. The molecule has 1 aromatic carbocycles. The molecule has 2 aliphatic heterocycles. The minimum atomic E-state index is -4.55. The van der Waals surface area contributed by atoms with Gasteiger partial charge in [-0.15, -0.1) is 0 Å². The number of benzene rings is 1. The van der Waals surface area contributed by atoms with Gasteiger partial charge in [-0.05, 0) is 12.1 Å². The summed E-state index contributed by atoms with van der Waals surface area (Å²) in [7, 11) is 0. The molecule has 0 saturated carbocycles. The lowest BCUT2D eigenvalue weighted by Crippen LogP contribution is -2.59. The van der Waals surface area contributed by atoms with Crippen LogP contribution < -0.4 is 10.1 Å². The SMILES string of the molecule is FC(F)C1CN(C2COc3ccccc3C2Nc2ncnc3[nH]c(C(F)(F)F)cc23)C1. The number of likely N-dealkylation sites (tertiary alicyclic amines) is 1. The van der Waals surface area contributed by atoms with Crippen LogP contribution in [0.5, 0.6) is 5.75 Å². The Kier molecular flexibility index (Phi) is 4.72. The van der Waals surface area contributed by atoms with Crippen LogP contribution in [0.4, 0.5) is 27.8 Å². The van der Waals surface area contributed by atoms with E-state index in [-0.39, 0.29) is 42.6 Å². The Morgan fingerprint density at radius 3 is 2.68 bits per heavy atom. The third-order valence-corrected chi connectivity index (χ3v) is 5.84. The standard InChI is InChI=1S/C20H18F5N5O/c21-17(22)10-6-30(7-10)13-8-31-14-4-2-1-3-11(14)16(13)29-19-12-5-15(20(23,24)25)28-18(12)26-9-27-19/h1-5,9-10,13,16-17H,6-8H2,(H2,26,27,28,29). The lowest BCUT2D eigenvalue weighted by Gasteiger charge is -2.48. The summed E-state index contributed by atoms with van der Waals surface area (Å²) in [5.74, 6) is 0.175. The van der Waals surface area contributed by atoms with Gasteiger partial charge in [-0.1, -0.05) is 18.2 Å². The van der Waals surface area contributed by atoms with Crippen LogP contribution in [0.25, 0.3) is 11.0 Å². The monoisotopic (exact) mass is 439 g/mol. The highest BCUT2D eigenvalue weighted by atomic mass is 19.4. The fourth-order valence-electron chi connectivity index (χ4n) is 4.17. The molecule has 1 fully saturated rings. The number of halogens is 5. The lowest BCUT2D eigenvalue weighted by atomic mass is 9.90. The number of aromatic amines is 1. The van der Waals surface area contributed by atoms with E-state index in [1.54, 1.807) is 6.07 Å². The second kappa shape index (κ2) is 7.33. The number of H-pyrrole nitrogens is 1. The number of aromatic nitrogens is 3. The van der Waals surface area contributed by atoms with Crippen LogP contribution in [0.15, 0.2) is 36.7 Å². The van der Waals surface area contributed by atoms with Gasteiger partial charge in [-0.25, -0.2) is 18.7 Å². The predicted molar refractivity (Wildman–Crippen MR) is 102 cm³/mol. The van der Waals surface area contributed by atoms with Crippen molar-refractivity contribution in [2.24, 2.45) is 5.92 Å². The van der Waals surface area contributed by atoms with Gasteiger partial charge in [-0.3, -0.25) is 4.90 Å². The molecule has 2 aliphatic rings. The van der Waals surface area contributed by atoms with E-state index in [4.69, 9.17) is 4.74 Å². The molecule has 164 valence electrons. The number of anilines is 1. The summed E-state index contributed by atoms with van der Waals surface area (Å²) in [5, 5.41) is 3.44. The van der Waals surface area contributed by atoms with Gasteiger partial charge in [0.2, 0.25) is 6.43 Å². The van der Waals surface area contributed by atoms with Crippen molar-refractivity contribution in [3.05, 3.63) is 47.9 Å². The van der Waals surface area contributed by atoms with Crippen molar-refractivity contribution in [3.8, 4) is 5.75 Å². The van der Waals surface area contributed by atoms with Crippen LogP contribution in [0, 0.1) is 5.92 Å². The van der Waals surface area contributed by atoms with Gasteiger partial charge in [0.25, 0.3) is 0 Å². The summed E-state index contributed by atoms with van der Waals surface area (Å²) in [4.78, 5) is 12.2. The minimum Gasteiger partial charge on any atom is -0.491 e. The van der Waals surface area contributed by atoms with Crippen molar-refractivity contribution in [2.45, 2.75) is 24.7 Å². The molecule has 2 aromatic heterocycles. The first-order chi connectivity index (χ1) is 14.8. The highest BCUT2D eigenvalue weighted by molar-refractivity contribution is 5.88. The molecule has 0 spiro atoms. The normalized spacial score (nSPS) is 22.3. The van der Waals surface area contributed by atoms with E-state index in [2.05, 4.69) is 20.3 Å². The lowest BCUT2D eigenvalue weighted by molar-refractivity contribution is -0.140. The van der Waals surface area contributed by atoms with E-state index in [0.717, 1.165) is 11.6 Å². The van der Waals surface area contributed by atoms with Crippen LogP contribution >= 0.6 is 0 Å². The Hall–Kier alpha value is -2.95. The smallest absolute Gasteiger partial charge is 0.431 e. The molecular formula is C20H18F5N5O. The Morgan fingerprint density at radius 2 is 1.94 bits per heavy atom. The molecule has 11 heteroatoms. The Morgan fingerprint density at radius 1 is 1.16 bits per heavy atom. The zero-order valence-electron chi connectivity index (χ0n) is 16.0. The number of para-hydroxylation sites is 1. The van der Waals surface area contributed by atoms with Gasteiger partial charge in [0.05, 0.1) is 17.5 Å². The van der Waals surface area contributed by atoms with Crippen LogP contribution in [0.3, 0.4) is 0 Å². The number of nitrogens with zero attached hydrogens (tertiary/aromatic N) is 3. The van der Waals surface area contributed by atoms with Gasteiger partial charge in [0, 0.05) is 24.6 Å². The topological polar surface area (TPSA) is 66.1 Å². The molecule has 2 N–H and O–H groups in total. The fraction of sp³-hybridized carbons (Fsp3) is 0.400. The third kappa shape index (κ3) is 3.56. The van der Waals surface area contributed by atoms with Gasteiger partial charge >= 0.3 is 6.18 Å². The van der Waals surface area contributed by atoms with E-state index in [1.165, 1.54) is 6.33 Å². The van der Waals surface area contributed by atoms with E-state index in [0.29, 0.717) is 5.75 Å². The maximum atomic E-state index is 13.2. The van der Waals surface area contributed by atoms with Gasteiger partial charge in [-0.2, -0.15) is 13.2 Å². The fourth-order valence-corrected chi connectivity index (χ4v) is 4.17. The summed E-state index contributed by atoms with van der Waals surface area (Å²) in [6.07, 6.45) is -5.76. The number of ether oxygens (including phenoxy) is 1. The van der Waals surface area contributed by atoms with E-state index >= 15 is 0 Å². The summed E-state index contributed by atoms with van der Waals surface area (Å²) >= 11 is 0. The number of nitrogens with one attached hydrogen (secondary N) is 2. The molecule has 6 nitrogen and oxygen atoms in total. The average molecular weight is 439 g/mol. The van der Waals surface area contributed by atoms with Gasteiger partial charge < -0.3 is 15.0 Å². The molecular weight excluding hydrogens is 421 g/mol. The highest BCUT2D eigenvalue weighted by Gasteiger charge is 2.43. The summed E-state index contributed by atoms with van der Waals surface area (Å²) < 4.78 is 71.3. The first-order valence-electron chi connectivity index (χ1n) is 9.72. The molecule has 2 atom stereocenters. The Labute approximate surface area is 173 Å². The number of rotatable bonds is 4. The maximum absolute atomic E-state index is 13.2. The van der Waals surface area contributed by atoms with Crippen LogP contribution in [0.2, 0.25) is 0 Å². The van der Waals surface area contributed by atoms with E-state index < -0.39 is 30.3 Å². The van der Waals surface area contributed by atoms with Gasteiger partial charge in [0.1, 0.15) is 35.8 Å². The quantitative estimate of drug-likeness (QED) is 0.600. The number of hydrogen-bond acceptors (Lipinski definition) is 5. The summed E-state index contributed by atoms with van der Waals surface area (Å²) in [5.41, 5.74) is -0.0708. The molecule has 4 heterocycles. The zero-order chi connectivity index (χ0) is 21.8. The number of hydrogen-bond donors (Lipinski definition) is 2. The Balaban J connectivity index is 1.50. The summed E-state index contributed by atoms with van der Waals surface area (Å²) in [6, 6.07) is 7.56. The van der Waals surface area contributed by atoms with E-state index in [9.17, 15) is 22.0 Å². The molecule has 5 rings (SSSR count). The van der Waals surface area contributed by atoms with E-state index in [1.807, 2.05) is 23.1 Å². The Bertz CT molecular complexity index is 1090. The average Bonchev–Trinajstić information content (AvgIpc) is 3.14. The third-order valence-electron chi connectivity index (χ3n) is 5.84. The van der Waals surface area contributed by atoms with Crippen molar-refractivity contribution in [2.75, 3.05) is 25.0 Å². The predicted octanol–water partition coefficient (Wildman–Crippen LogP) is 4.09. The first-order valence-corrected chi connectivity index (χ1v) is 9.72. The van der Waals surface area contributed by atoms with Gasteiger partial charge in [0.15, 0.2) is 0 Å². The van der Waals surface area contributed by atoms with Crippen molar-refractivity contribution in [1.82, 2.24) is 19.9 Å².